The molecule has 2 aliphatic rings. The van der Waals surface area contributed by atoms with Gasteiger partial charge in [0.1, 0.15) is 13.9 Å². The summed E-state index contributed by atoms with van der Waals surface area (Å²) in [5, 5.41) is 0.766. The normalized spacial score (nSPS) is 32.6. The second kappa shape index (κ2) is 8.08. The van der Waals surface area contributed by atoms with Gasteiger partial charge in [0.25, 0.3) is 0 Å². The second-order valence-corrected chi connectivity index (χ2v) is 11.7. The van der Waals surface area contributed by atoms with E-state index in [0.717, 1.165) is 35.1 Å². The summed E-state index contributed by atoms with van der Waals surface area (Å²) in [4.78, 5) is 0. The van der Waals surface area contributed by atoms with Gasteiger partial charge in [-0.2, -0.15) is 11.1 Å². The highest BCUT2D eigenvalue weighted by Crippen LogP contribution is 2.40. The molecule has 1 saturated heterocycles. The molecule has 0 unspecified atom stereocenters. The van der Waals surface area contributed by atoms with Crippen molar-refractivity contribution < 1.29 is 4.74 Å². The van der Waals surface area contributed by atoms with Crippen LogP contribution in [0.5, 0.6) is 5.75 Å². The number of halogens is 2. The molecule has 122 valence electrons. The maximum Gasteiger partial charge on any atom is 0.141 e. The van der Waals surface area contributed by atoms with E-state index in [-0.39, 0.29) is 0 Å². The Morgan fingerprint density at radius 1 is 0.909 bits per heavy atom. The summed E-state index contributed by atoms with van der Waals surface area (Å²) < 4.78 is 5.92. The van der Waals surface area contributed by atoms with Crippen LogP contribution in [0.1, 0.15) is 38.5 Å². The Morgan fingerprint density at radius 3 is 2.14 bits per heavy atom. The van der Waals surface area contributed by atoms with Crippen LogP contribution in [0.15, 0.2) is 24.3 Å². The van der Waals surface area contributed by atoms with E-state index in [1.807, 2.05) is 24.3 Å². The van der Waals surface area contributed by atoms with Crippen LogP contribution in [0.3, 0.4) is 0 Å². The van der Waals surface area contributed by atoms with Gasteiger partial charge in [-0.15, -0.1) is 0 Å². The zero-order chi connectivity index (χ0) is 15.4. The van der Waals surface area contributed by atoms with E-state index in [2.05, 4.69) is 0 Å². The lowest BCUT2D eigenvalue weighted by Crippen LogP contribution is -2.28. The van der Waals surface area contributed by atoms with Crippen molar-refractivity contribution in [2.75, 3.05) is 6.61 Å². The SMILES string of the molecule is Clc1ccc(OC[C@H]2CC[C@H](C3CC[SiH](Cl)CC3)CC2)cc1. The van der Waals surface area contributed by atoms with Gasteiger partial charge in [0, 0.05) is 5.02 Å². The molecule has 4 heteroatoms. The first-order chi connectivity index (χ1) is 10.7. The molecule has 1 heterocycles. The molecule has 1 aliphatic carbocycles. The second-order valence-electron chi connectivity index (χ2n) is 7.06. The van der Waals surface area contributed by atoms with Gasteiger partial charge in [0.15, 0.2) is 0 Å². The van der Waals surface area contributed by atoms with Crippen molar-refractivity contribution >= 4 is 30.8 Å². The van der Waals surface area contributed by atoms with Gasteiger partial charge in [-0.25, -0.2) is 0 Å². The molecule has 3 rings (SSSR count). The highest BCUT2D eigenvalue weighted by atomic mass is 35.6. The molecular weight excluding hydrogens is 331 g/mol. The van der Waals surface area contributed by atoms with Crippen molar-refractivity contribution in [3.63, 3.8) is 0 Å². The molecule has 0 bridgehead atoms. The number of ether oxygens (including phenoxy) is 1. The Hall–Kier alpha value is -0.183. The van der Waals surface area contributed by atoms with Gasteiger partial charge in [0.05, 0.1) is 6.61 Å². The Labute approximate surface area is 145 Å². The molecule has 1 aliphatic heterocycles. The Morgan fingerprint density at radius 2 is 1.50 bits per heavy atom. The molecule has 2 fully saturated rings. The largest absolute Gasteiger partial charge is 0.493 e. The molecule has 0 radical (unpaired) electrons. The zero-order valence-corrected chi connectivity index (χ0v) is 15.8. The number of hydrogen-bond acceptors (Lipinski definition) is 1. The summed E-state index contributed by atoms with van der Waals surface area (Å²) in [6.07, 6.45) is 8.28. The van der Waals surface area contributed by atoms with E-state index in [1.165, 1.54) is 50.6 Å². The van der Waals surface area contributed by atoms with Crippen molar-refractivity contribution in [3.05, 3.63) is 29.3 Å². The summed E-state index contributed by atoms with van der Waals surface area (Å²) >= 11 is 12.3. The molecule has 0 amide bonds. The lowest BCUT2D eigenvalue weighted by Gasteiger charge is -2.36. The summed E-state index contributed by atoms with van der Waals surface area (Å²) in [6, 6.07) is 10.4. The van der Waals surface area contributed by atoms with Crippen LogP contribution in [0, 0.1) is 17.8 Å². The van der Waals surface area contributed by atoms with Crippen molar-refractivity contribution in [1.82, 2.24) is 0 Å². The molecular formula is C18H26Cl2OSi. The van der Waals surface area contributed by atoms with Crippen molar-refractivity contribution in [2.45, 2.75) is 50.6 Å². The highest BCUT2D eigenvalue weighted by Gasteiger charge is 2.30. The first-order valence-corrected chi connectivity index (χ1v) is 12.5. The third-order valence-corrected chi connectivity index (χ3v) is 9.04. The van der Waals surface area contributed by atoms with E-state index in [9.17, 15) is 0 Å². The fourth-order valence-electron chi connectivity index (χ4n) is 4.12. The van der Waals surface area contributed by atoms with Gasteiger partial charge < -0.3 is 4.74 Å². The van der Waals surface area contributed by atoms with Crippen LogP contribution in [-0.2, 0) is 0 Å². The van der Waals surface area contributed by atoms with Crippen LogP contribution in [0.25, 0.3) is 0 Å². The van der Waals surface area contributed by atoms with E-state index in [0.29, 0.717) is 0 Å². The average Bonchev–Trinajstić information content (AvgIpc) is 2.56. The molecule has 22 heavy (non-hydrogen) atoms. The van der Waals surface area contributed by atoms with Crippen LogP contribution >= 0.6 is 22.7 Å². The molecule has 0 aromatic heterocycles. The quantitative estimate of drug-likeness (QED) is 0.482. The maximum atomic E-state index is 6.37. The van der Waals surface area contributed by atoms with E-state index in [1.54, 1.807) is 0 Å². The summed E-state index contributed by atoms with van der Waals surface area (Å²) in [5.74, 6) is 3.60. The predicted molar refractivity (Wildman–Crippen MR) is 97.7 cm³/mol. The van der Waals surface area contributed by atoms with Crippen molar-refractivity contribution in [3.8, 4) is 5.75 Å². The zero-order valence-electron chi connectivity index (χ0n) is 13.1. The summed E-state index contributed by atoms with van der Waals surface area (Å²) in [5.41, 5.74) is 0. The molecule has 1 nitrogen and oxygen atoms in total. The highest BCUT2D eigenvalue weighted by molar-refractivity contribution is 7.07. The van der Waals surface area contributed by atoms with Crippen LogP contribution in [-0.4, -0.2) is 14.7 Å². The van der Waals surface area contributed by atoms with E-state index >= 15 is 0 Å². The minimum absolute atomic E-state index is 0.727. The Kier molecular flexibility index (Phi) is 6.12. The average molecular weight is 357 g/mol. The van der Waals surface area contributed by atoms with Gasteiger partial charge >= 0.3 is 0 Å². The third kappa shape index (κ3) is 4.66. The van der Waals surface area contributed by atoms with Gasteiger partial charge in [-0.3, -0.25) is 0 Å². The summed E-state index contributed by atoms with van der Waals surface area (Å²) in [7, 11) is -0.807. The van der Waals surface area contributed by atoms with E-state index < -0.39 is 8.11 Å². The molecule has 0 spiro atoms. The predicted octanol–water partition coefficient (Wildman–Crippen LogP) is 5.90. The fraction of sp³-hybridized carbons (Fsp3) is 0.667. The van der Waals surface area contributed by atoms with Gasteiger partial charge in [0.2, 0.25) is 0 Å². The van der Waals surface area contributed by atoms with Crippen molar-refractivity contribution in [2.24, 2.45) is 17.8 Å². The lowest BCUT2D eigenvalue weighted by atomic mass is 9.74. The number of benzene rings is 1. The molecule has 1 saturated carbocycles. The van der Waals surface area contributed by atoms with Gasteiger partial charge in [-0.1, -0.05) is 24.4 Å². The summed E-state index contributed by atoms with van der Waals surface area (Å²) in [6.45, 7) is 0.857. The standard InChI is InChI=1S/C18H26Cl2OSi/c19-17-5-7-18(8-6-17)21-13-14-1-3-15(4-2-14)16-9-11-22(20)12-10-16/h5-8,14-16,22H,1-4,9-13H2/t14-,15-,16?,22?. The number of rotatable bonds is 4. The first-order valence-electron chi connectivity index (χ1n) is 8.73. The monoisotopic (exact) mass is 356 g/mol. The van der Waals surface area contributed by atoms with Crippen molar-refractivity contribution in [1.29, 1.82) is 0 Å². The van der Waals surface area contributed by atoms with Crippen LogP contribution in [0.4, 0.5) is 0 Å². The Balaban J connectivity index is 1.39. The van der Waals surface area contributed by atoms with Crippen LogP contribution in [0.2, 0.25) is 17.1 Å². The molecule has 1 aromatic carbocycles. The Bertz CT molecular complexity index is 449. The molecule has 0 N–H and O–H groups in total. The fourth-order valence-corrected chi connectivity index (χ4v) is 6.87. The minimum atomic E-state index is -0.807. The van der Waals surface area contributed by atoms with Gasteiger partial charge in [-0.05, 0) is 79.8 Å². The molecule has 1 aromatic rings. The number of hydrogen-bond donors (Lipinski definition) is 0. The first kappa shape index (κ1) is 16.7. The lowest BCUT2D eigenvalue weighted by molar-refractivity contribution is 0.148. The molecule has 0 atom stereocenters. The maximum absolute atomic E-state index is 6.37. The topological polar surface area (TPSA) is 9.23 Å². The van der Waals surface area contributed by atoms with Crippen LogP contribution < -0.4 is 4.74 Å². The van der Waals surface area contributed by atoms with E-state index in [4.69, 9.17) is 27.4 Å². The smallest absolute Gasteiger partial charge is 0.141 e. The minimum Gasteiger partial charge on any atom is -0.493 e. The third-order valence-electron chi connectivity index (χ3n) is 5.56.